The number of pyridine rings is 1. The Morgan fingerprint density at radius 1 is 1.21 bits per heavy atom. The topological polar surface area (TPSA) is 81.9 Å². The molecule has 1 N–H and O–H groups in total. The quantitative estimate of drug-likeness (QED) is 0.391. The van der Waals surface area contributed by atoms with Crippen molar-refractivity contribution in [2.24, 2.45) is 0 Å². The maximum atomic E-state index is 12.2. The standard InChI is InChI=1S/C20H22ClN5O2S/c1-28-12-6-11-26-19(16-8-2-3-9-17(16)21)24-25-20(26)29-14-18(27)23-13-15-7-4-5-10-22-15/h2-5,7-10H,6,11-14H2,1H3,(H,23,27). The largest absolute Gasteiger partial charge is 0.385 e. The van der Waals surface area contributed by atoms with Gasteiger partial charge in [-0.2, -0.15) is 0 Å². The number of amides is 1. The van der Waals surface area contributed by atoms with Crippen LogP contribution in [0.5, 0.6) is 0 Å². The number of hydrogen-bond acceptors (Lipinski definition) is 6. The monoisotopic (exact) mass is 431 g/mol. The number of halogens is 1. The minimum atomic E-state index is -0.0913. The van der Waals surface area contributed by atoms with Gasteiger partial charge in [-0.25, -0.2) is 0 Å². The van der Waals surface area contributed by atoms with Crippen LogP contribution >= 0.6 is 23.4 Å². The Balaban J connectivity index is 1.67. The van der Waals surface area contributed by atoms with Crippen molar-refractivity contribution in [2.75, 3.05) is 19.5 Å². The van der Waals surface area contributed by atoms with E-state index in [1.165, 1.54) is 11.8 Å². The van der Waals surface area contributed by atoms with Crippen LogP contribution in [0.4, 0.5) is 0 Å². The number of carbonyl (C=O) groups is 1. The van der Waals surface area contributed by atoms with Crippen LogP contribution in [0.15, 0.2) is 53.8 Å². The van der Waals surface area contributed by atoms with Crippen LogP contribution in [0, 0.1) is 0 Å². The molecule has 0 saturated heterocycles. The molecule has 0 saturated carbocycles. The predicted octanol–water partition coefficient (Wildman–Crippen LogP) is 3.44. The number of aromatic nitrogens is 4. The molecule has 1 aromatic carbocycles. The minimum Gasteiger partial charge on any atom is -0.385 e. The average molecular weight is 432 g/mol. The summed E-state index contributed by atoms with van der Waals surface area (Å²) in [7, 11) is 1.67. The van der Waals surface area contributed by atoms with Gasteiger partial charge in [0.15, 0.2) is 11.0 Å². The number of ether oxygens (including phenoxy) is 1. The van der Waals surface area contributed by atoms with Crippen molar-refractivity contribution in [3.63, 3.8) is 0 Å². The van der Waals surface area contributed by atoms with Crippen LogP contribution in [0.1, 0.15) is 12.1 Å². The second-order valence-corrected chi connectivity index (χ2v) is 7.52. The van der Waals surface area contributed by atoms with Gasteiger partial charge in [0.05, 0.1) is 23.0 Å². The fourth-order valence-corrected chi connectivity index (χ4v) is 3.69. The second kappa shape index (κ2) is 10.9. The van der Waals surface area contributed by atoms with E-state index in [9.17, 15) is 4.79 Å². The molecule has 0 aliphatic carbocycles. The first-order valence-corrected chi connectivity index (χ1v) is 10.5. The molecule has 9 heteroatoms. The maximum Gasteiger partial charge on any atom is 0.230 e. The molecule has 2 heterocycles. The zero-order valence-electron chi connectivity index (χ0n) is 16.0. The fourth-order valence-electron chi connectivity index (χ4n) is 2.68. The lowest BCUT2D eigenvalue weighted by atomic mass is 10.2. The number of methoxy groups -OCH3 is 1. The summed E-state index contributed by atoms with van der Waals surface area (Å²) in [6.45, 7) is 1.68. The Hall–Kier alpha value is -2.42. The van der Waals surface area contributed by atoms with Gasteiger partial charge in [0.25, 0.3) is 0 Å². The van der Waals surface area contributed by atoms with Crippen LogP contribution in [-0.2, 0) is 22.6 Å². The number of thioether (sulfide) groups is 1. The first-order chi connectivity index (χ1) is 14.2. The van der Waals surface area contributed by atoms with Crippen molar-refractivity contribution in [3.05, 3.63) is 59.4 Å². The van der Waals surface area contributed by atoms with Gasteiger partial charge in [-0.15, -0.1) is 10.2 Å². The van der Waals surface area contributed by atoms with Gasteiger partial charge in [0, 0.05) is 32.0 Å². The summed E-state index contributed by atoms with van der Waals surface area (Å²) >= 11 is 7.69. The molecule has 2 aromatic heterocycles. The Bertz CT molecular complexity index is 936. The molecular weight excluding hydrogens is 410 g/mol. The Morgan fingerprint density at radius 2 is 2.03 bits per heavy atom. The molecule has 152 valence electrons. The summed E-state index contributed by atoms with van der Waals surface area (Å²) in [6, 6.07) is 13.1. The lowest BCUT2D eigenvalue weighted by Crippen LogP contribution is -2.25. The van der Waals surface area contributed by atoms with Crippen LogP contribution in [0.3, 0.4) is 0 Å². The summed E-state index contributed by atoms with van der Waals surface area (Å²) < 4.78 is 7.15. The molecule has 7 nitrogen and oxygen atoms in total. The van der Waals surface area contributed by atoms with Gasteiger partial charge in [-0.3, -0.25) is 9.78 Å². The van der Waals surface area contributed by atoms with Crippen molar-refractivity contribution >= 4 is 29.3 Å². The third-order valence-corrected chi connectivity index (χ3v) is 5.38. The summed E-state index contributed by atoms with van der Waals surface area (Å²) in [5, 5.41) is 12.8. The number of nitrogens with zero attached hydrogens (tertiary/aromatic N) is 4. The van der Waals surface area contributed by atoms with E-state index in [4.69, 9.17) is 16.3 Å². The summed E-state index contributed by atoms with van der Waals surface area (Å²) in [6.07, 6.45) is 2.50. The van der Waals surface area contributed by atoms with Crippen molar-refractivity contribution in [3.8, 4) is 11.4 Å². The number of rotatable bonds is 10. The predicted molar refractivity (Wildman–Crippen MR) is 114 cm³/mol. The van der Waals surface area contributed by atoms with Gasteiger partial charge in [0.1, 0.15) is 0 Å². The van der Waals surface area contributed by atoms with E-state index in [1.54, 1.807) is 13.3 Å². The molecule has 0 radical (unpaired) electrons. The van der Waals surface area contributed by atoms with E-state index in [2.05, 4.69) is 20.5 Å². The van der Waals surface area contributed by atoms with Gasteiger partial charge < -0.3 is 14.6 Å². The smallest absolute Gasteiger partial charge is 0.230 e. The van der Waals surface area contributed by atoms with E-state index in [0.29, 0.717) is 35.7 Å². The van der Waals surface area contributed by atoms with Gasteiger partial charge in [0.2, 0.25) is 5.91 Å². The van der Waals surface area contributed by atoms with Gasteiger partial charge in [-0.1, -0.05) is 41.6 Å². The van der Waals surface area contributed by atoms with E-state index in [1.807, 2.05) is 47.0 Å². The molecule has 0 fully saturated rings. The second-order valence-electron chi connectivity index (χ2n) is 6.17. The van der Waals surface area contributed by atoms with Crippen LogP contribution < -0.4 is 5.32 Å². The van der Waals surface area contributed by atoms with E-state index >= 15 is 0 Å². The highest BCUT2D eigenvalue weighted by Crippen LogP contribution is 2.29. The van der Waals surface area contributed by atoms with Crippen LogP contribution in [0.25, 0.3) is 11.4 Å². The summed E-state index contributed by atoms with van der Waals surface area (Å²) in [5.74, 6) is 0.826. The maximum absolute atomic E-state index is 12.2. The number of nitrogens with one attached hydrogen (secondary N) is 1. The molecule has 1 amide bonds. The zero-order valence-corrected chi connectivity index (χ0v) is 17.6. The molecule has 3 aromatic rings. The van der Waals surface area contributed by atoms with Gasteiger partial charge in [-0.05, 0) is 30.7 Å². The first kappa shape index (κ1) is 21.3. The molecule has 0 bridgehead atoms. The summed E-state index contributed by atoms with van der Waals surface area (Å²) in [4.78, 5) is 16.4. The van der Waals surface area contributed by atoms with Crippen LogP contribution in [-0.4, -0.2) is 45.1 Å². The third kappa shape index (κ3) is 6.03. The van der Waals surface area contributed by atoms with E-state index < -0.39 is 0 Å². The van der Waals surface area contributed by atoms with E-state index in [-0.39, 0.29) is 11.7 Å². The third-order valence-electron chi connectivity index (χ3n) is 4.09. The zero-order chi connectivity index (χ0) is 20.5. The summed E-state index contributed by atoms with van der Waals surface area (Å²) in [5.41, 5.74) is 1.63. The Morgan fingerprint density at radius 3 is 2.79 bits per heavy atom. The van der Waals surface area contributed by atoms with Gasteiger partial charge >= 0.3 is 0 Å². The SMILES string of the molecule is COCCCn1c(SCC(=O)NCc2ccccn2)nnc1-c1ccccc1Cl. The molecule has 0 unspecified atom stereocenters. The highest BCUT2D eigenvalue weighted by atomic mass is 35.5. The molecule has 3 rings (SSSR count). The van der Waals surface area contributed by atoms with E-state index in [0.717, 1.165) is 17.7 Å². The molecule has 0 atom stereocenters. The number of benzene rings is 1. The van der Waals surface area contributed by atoms with Crippen molar-refractivity contribution in [1.29, 1.82) is 0 Å². The molecule has 0 aliphatic heterocycles. The molecule has 0 aliphatic rings. The van der Waals surface area contributed by atoms with Crippen molar-refractivity contribution in [2.45, 2.75) is 24.7 Å². The van der Waals surface area contributed by atoms with Crippen LogP contribution in [0.2, 0.25) is 5.02 Å². The normalized spacial score (nSPS) is 10.8. The van der Waals surface area contributed by atoms with Crippen molar-refractivity contribution < 1.29 is 9.53 Å². The number of carbonyl (C=O) groups excluding carboxylic acids is 1. The number of hydrogen-bond donors (Lipinski definition) is 1. The fraction of sp³-hybridized carbons (Fsp3) is 0.300. The first-order valence-electron chi connectivity index (χ1n) is 9.15. The average Bonchev–Trinajstić information content (AvgIpc) is 3.14. The molecular formula is C20H22ClN5O2S. The Labute approximate surface area is 178 Å². The van der Waals surface area contributed by atoms with Crippen molar-refractivity contribution in [1.82, 2.24) is 25.1 Å². The highest BCUT2D eigenvalue weighted by Gasteiger charge is 2.17. The Kier molecular flexibility index (Phi) is 8.03. The lowest BCUT2D eigenvalue weighted by molar-refractivity contribution is -0.118. The minimum absolute atomic E-state index is 0.0913. The molecule has 29 heavy (non-hydrogen) atoms. The highest BCUT2D eigenvalue weighted by molar-refractivity contribution is 7.99. The lowest BCUT2D eigenvalue weighted by Gasteiger charge is -2.11. The molecule has 0 spiro atoms.